The molecule has 2 fully saturated rings. The van der Waals surface area contributed by atoms with Gasteiger partial charge in [-0.25, -0.2) is 0 Å². The first kappa shape index (κ1) is 15.7. The first-order valence-corrected chi connectivity index (χ1v) is 7.76. The van der Waals surface area contributed by atoms with Crippen LogP contribution in [0, 0.1) is 5.41 Å². The smallest absolute Gasteiger partial charge is 0.248 e. The van der Waals surface area contributed by atoms with Crippen molar-refractivity contribution in [3.05, 3.63) is 0 Å². The van der Waals surface area contributed by atoms with Crippen LogP contribution in [0.15, 0.2) is 0 Å². The van der Waals surface area contributed by atoms with Crippen molar-refractivity contribution in [2.24, 2.45) is 5.41 Å². The predicted octanol–water partition coefficient (Wildman–Crippen LogP) is 1.19. The molecule has 116 valence electrons. The summed E-state index contributed by atoms with van der Waals surface area (Å²) in [7, 11) is 0. The van der Waals surface area contributed by atoms with Gasteiger partial charge in [-0.1, -0.05) is 6.92 Å². The Bertz CT molecular complexity index is 315. The largest absolute Gasteiger partial charge is 0.394 e. The van der Waals surface area contributed by atoms with Crippen LogP contribution in [0.2, 0.25) is 0 Å². The van der Waals surface area contributed by atoms with Gasteiger partial charge >= 0.3 is 0 Å². The molecule has 2 rings (SSSR count). The Labute approximate surface area is 121 Å². The summed E-state index contributed by atoms with van der Waals surface area (Å²) >= 11 is 0. The number of carbonyl (C=O) groups is 1. The molecular weight excluding hydrogens is 258 g/mol. The third kappa shape index (κ3) is 3.71. The Morgan fingerprint density at radius 3 is 2.80 bits per heavy atom. The van der Waals surface area contributed by atoms with Crippen LogP contribution < -0.4 is 0 Å². The fraction of sp³-hybridized carbons (Fsp3) is 0.933. The quantitative estimate of drug-likeness (QED) is 0.771. The molecule has 0 aromatic carbocycles. The summed E-state index contributed by atoms with van der Waals surface area (Å²) in [4.78, 5) is 14.2. The average Bonchev–Trinajstić information content (AvgIpc) is 2.48. The van der Waals surface area contributed by atoms with Crippen LogP contribution >= 0.6 is 0 Å². The lowest BCUT2D eigenvalue weighted by Crippen LogP contribution is -2.55. The molecule has 5 nitrogen and oxygen atoms in total. The van der Waals surface area contributed by atoms with Crippen LogP contribution in [0.4, 0.5) is 0 Å². The SMILES string of the molecule is CCCOCC(=O)N1CC2(CCOCC2)CCC1CO. The van der Waals surface area contributed by atoms with Gasteiger partial charge in [0, 0.05) is 26.4 Å². The van der Waals surface area contributed by atoms with Crippen molar-refractivity contribution in [1.82, 2.24) is 4.90 Å². The maximum Gasteiger partial charge on any atom is 0.248 e. The highest BCUT2D eigenvalue weighted by Crippen LogP contribution is 2.41. The number of aliphatic hydroxyl groups is 1. The number of hydrogen-bond acceptors (Lipinski definition) is 4. The second-order valence-electron chi connectivity index (χ2n) is 6.06. The zero-order chi connectivity index (χ0) is 14.4. The van der Waals surface area contributed by atoms with Gasteiger partial charge in [0.1, 0.15) is 6.61 Å². The number of piperidine rings is 1. The summed E-state index contributed by atoms with van der Waals surface area (Å²) in [6.07, 6.45) is 4.92. The monoisotopic (exact) mass is 285 g/mol. The number of amides is 1. The lowest BCUT2D eigenvalue weighted by molar-refractivity contribution is -0.147. The number of hydrogen-bond donors (Lipinski definition) is 1. The van der Waals surface area contributed by atoms with Gasteiger partial charge in [-0.05, 0) is 37.5 Å². The number of likely N-dealkylation sites (tertiary alicyclic amines) is 1. The highest BCUT2D eigenvalue weighted by Gasteiger charge is 2.41. The Hall–Kier alpha value is -0.650. The molecule has 1 spiro atoms. The normalized spacial score (nSPS) is 25.9. The standard InChI is InChI=1S/C15H27NO4/c1-2-7-20-11-14(18)16-12-15(4-3-13(16)10-17)5-8-19-9-6-15/h13,17H,2-12H2,1H3. The summed E-state index contributed by atoms with van der Waals surface area (Å²) in [5.74, 6) is 0.0167. The van der Waals surface area contributed by atoms with Crippen molar-refractivity contribution < 1.29 is 19.4 Å². The van der Waals surface area contributed by atoms with E-state index in [-0.39, 0.29) is 30.6 Å². The summed E-state index contributed by atoms with van der Waals surface area (Å²) in [5, 5.41) is 9.51. The molecule has 0 saturated carbocycles. The lowest BCUT2D eigenvalue weighted by atomic mass is 9.72. The predicted molar refractivity (Wildman–Crippen MR) is 75.4 cm³/mol. The Morgan fingerprint density at radius 2 is 2.15 bits per heavy atom. The van der Waals surface area contributed by atoms with Crippen molar-refractivity contribution >= 4 is 5.91 Å². The molecule has 0 aliphatic carbocycles. The highest BCUT2D eigenvalue weighted by atomic mass is 16.5. The minimum atomic E-state index is -0.0406. The number of rotatable bonds is 5. The van der Waals surface area contributed by atoms with E-state index in [9.17, 15) is 9.90 Å². The molecule has 0 bridgehead atoms. The van der Waals surface area contributed by atoms with E-state index in [4.69, 9.17) is 9.47 Å². The minimum Gasteiger partial charge on any atom is -0.394 e. The third-order valence-electron chi connectivity index (χ3n) is 4.61. The van der Waals surface area contributed by atoms with Crippen molar-refractivity contribution in [3.63, 3.8) is 0 Å². The number of nitrogens with zero attached hydrogens (tertiary/aromatic N) is 1. The van der Waals surface area contributed by atoms with E-state index in [2.05, 4.69) is 0 Å². The van der Waals surface area contributed by atoms with Crippen molar-refractivity contribution in [2.75, 3.05) is 39.6 Å². The summed E-state index contributed by atoms with van der Waals surface area (Å²) in [6, 6.07) is -0.0406. The van der Waals surface area contributed by atoms with Crippen LogP contribution in [0.5, 0.6) is 0 Å². The van der Waals surface area contributed by atoms with E-state index < -0.39 is 0 Å². The molecule has 0 radical (unpaired) electrons. The Balaban J connectivity index is 1.96. The molecule has 1 N–H and O–H groups in total. The van der Waals surface area contributed by atoms with E-state index in [1.54, 1.807) is 0 Å². The number of ether oxygens (including phenoxy) is 2. The Morgan fingerprint density at radius 1 is 1.40 bits per heavy atom. The van der Waals surface area contributed by atoms with Gasteiger partial charge < -0.3 is 19.5 Å². The van der Waals surface area contributed by atoms with E-state index in [1.807, 2.05) is 11.8 Å². The van der Waals surface area contributed by atoms with Gasteiger partial charge in [0.25, 0.3) is 0 Å². The fourth-order valence-corrected chi connectivity index (χ4v) is 3.28. The second-order valence-corrected chi connectivity index (χ2v) is 6.06. The number of aliphatic hydroxyl groups excluding tert-OH is 1. The van der Waals surface area contributed by atoms with E-state index >= 15 is 0 Å². The maximum absolute atomic E-state index is 12.3. The molecule has 0 aromatic rings. The van der Waals surface area contributed by atoms with Gasteiger partial charge in [0.15, 0.2) is 0 Å². The van der Waals surface area contributed by atoms with Crippen molar-refractivity contribution in [3.8, 4) is 0 Å². The zero-order valence-corrected chi connectivity index (χ0v) is 12.5. The van der Waals surface area contributed by atoms with Crippen molar-refractivity contribution in [2.45, 2.75) is 45.1 Å². The Kier molecular flexibility index (Phi) is 5.81. The lowest BCUT2D eigenvalue weighted by Gasteiger charge is -2.48. The molecule has 1 unspecified atom stereocenters. The molecule has 2 saturated heterocycles. The van der Waals surface area contributed by atoms with Crippen LogP contribution in [0.3, 0.4) is 0 Å². The van der Waals surface area contributed by atoms with E-state index in [0.717, 1.165) is 51.9 Å². The van der Waals surface area contributed by atoms with Gasteiger partial charge in [0.05, 0.1) is 12.6 Å². The summed E-state index contributed by atoms with van der Waals surface area (Å²) in [6.45, 7) is 5.15. The molecule has 0 aromatic heterocycles. The minimum absolute atomic E-state index is 0.0167. The van der Waals surface area contributed by atoms with Crippen LogP contribution in [0.25, 0.3) is 0 Å². The summed E-state index contributed by atoms with van der Waals surface area (Å²) < 4.78 is 10.8. The van der Waals surface area contributed by atoms with Gasteiger partial charge in [0.2, 0.25) is 5.91 Å². The topological polar surface area (TPSA) is 59.0 Å². The fourth-order valence-electron chi connectivity index (χ4n) is 3.28. The van der Waals surface area contributed by atoms with Gasteiger partial charge in [-0.2, -0.15) is 0 Å². The van der Waals surface area contributed by atoms with E-state index in [0.29, 0.717) is 6.61 Å². The molecule has 2 heterocycles. The highest BCUT2D eigenvalue weighted by molar-refractivity contribution is 5.78. The van der Waals surface area contributed by atoms with E-state index in [1.165, 1.54) is 0 Å². The molecule has 1 amide bonds. The van der Waals surface area contributed by atoms with Crippen LogP contribution in [0.1, 0.15) is 39.0 Å². The molecule has 20 heavy (non-hydrogen) atoms. The van der Waals surface area contributed by atoms with Gasteiger partial charge in [-0.3, -0.25) is 4.79 Å². The van der Waals surface area contributed by atoms with Gasteiger partial charge in [-0.15, -0.1) is 0 Å². The molecular formula is C15H27NO4. The molecule has 2 aliphatic rings. The first-order chi connectivity index (χ1) is 9.71. The maximum atomic E-state index is 12.3. The number of carbonyl (C=O) groups excluding carboxylic acids is 1. The molecule has 2 aliphatic heterocycles. The molecule has 1 atom stereocenters. The average molecular weight is 285 g/mol. The van der Waals surface area contributed by atoms with Crippen molar-refractivity contribution in [1.29, 1.82) is 0 Å². The van der Waals surface area contributed by atoms with Crippen LogP contribution in [-0.2, 0) is 14.3 Å². The third-order valence-corrected chi connectivity index (χ3v) is 4.61. The zero-order valence-electron chi connectivity index (χ0n) is 12.5. The summed E-state index contributed by atoms with van der Waals surface area (Å²) in [5.41, 5.74) is 0.199. The first-order valence-electron chi connectivity index (χ1n) is 7.76. The molecule has 5 heteroatoms. The second kappa shape index (κ2) is 7.38. The van der Waals surface area contributed by atoms with Crippen LogP contribution in [-0.4, -0.2) is 61.5 Å².